The maximum Gasteiger partial charge on any atom is 0.0573 e. The topological polar surface area (TPSA) is 47.3 Å². The molecule has 2 unspecified atom stereocenters. The van der Waals surface area contributed by atoms with Crippen LogP contribution in [0.2, 0.25) is 5.02 Å². The molecule has 0 bridgehead atoms. The number of rotatable bonds is 3. The van der Waals surface area contributed by atoms with Crippen molar-refractivity contribution in [2.24, 2.45) is 5.73 Å². The Morgan fingerprint density at radius 3 is 2.53 bits per heavy atom. The highest BCUT2D eigenvalue weighted by Gasteiger charge is 2.37. The summed E-state index contributed by atoms with van der Waals surface area (Å²) < 4.78 is 5.80. The summed E-state index contributed by atoms with van der Waals surface area (Å²) in [6.45, 7) is 6.80. The fourth-order valence-electron chi connectivity index (χ4n) is 2.97. The van der Waals surface area contributed by atoms with E-state index in [-0.39, 0.29) is 17.7 Å². The third kappa shape index (κ3) is 3.41. The van der Waals surface area contributed by atoms with Crippen LogP contribution in [0.15, 0.2) is 18.2 Å². The molecule has 2 rings (SSSR count). The lowest BCUT2D eigenvalue weighted by molar-refractivity contribution is -0.0536. The van der Waals surface area contributed by atoms with E-state index in [1.54, 1.807) is 0 Å². The largest absolute Gasteiger partial charge is 0.378 e. The molecule has 1 aliphatic heterocycles. The summed E-state index contributed by atoms with van der Waals surface area (Å²) in [5.41, 5.74) is 8.04. The number of anilines is 1. The fraction of sp³-hybridized carbons (Fsp3) is 0.600. The van der Waals surface area contributed by atoms with Gasteiger partial charge in [0.05, 0.1) is 17.7 Å². The third-order valence-corrected chi connectivity index (χ3v) is 4.20. The van der Waals surface area contributed by atoms with Gasteiger partial charge in [0.2, 0.25) is 0 Å². The van der Waals surface area contributed by atoms with E-state index in [0.717, 1.165) is 29.1 Å². The van der Waals surface area contributed by atoms with Crippen LogP contribution in [0.3, 0.4) is 0 Å². The first-order chi connectivity index (χ1) is 8.94. The molecule has 0 saturated carbocycles. The quantitative estimate of drug-likeness (QED) is 0.894. The zero-order valence-electron chi connectivity index (χ0n) is 11.9. The Bertz CT molecular complexity index is 440. The number of benzene rings is 1. The van der Waals surface area contributed by atoms with Gasteiger partial charge < -0.3 is 15.8 Å². The van der Waals surface area contributed by atoms with Crippen LogP contribution < -0.4 is 11.1 Å². The summed E-state index contributed by atoms with van der Waals surface area (Å²) >= 11 is 6.18. The Balaban J connectivity index is 2.19. The second-order valence-corrected chi connectivity index (χ2v) is 6.15. The van der Waals surface area contributed by atoms with E-state index in [2.05, 4.69) is 25.2 Å². The second kappa shape index (κ2) is 5.70. The Hall–Kier alpha value is -0.770. The molecule has 3 nitrogen and oxygen atoms in total. The van der Waals surface area contributed by atoms with Gasteiger partial charge in [0.25, 0.3) is 0 Å². The number of halogens is 1. The van der Waals surface area contributed by atoms with Crippen LogP contribution in [0.4, 0.5) is 5.69 Å². The van der Waals surface area contributed by atoms with Gasteiger partial charge in [-0.2, -0.15) is 0 Å². The third-order valence-electron chi connectivity index (χ3n) is 3.79. The zero-order valence-corrected chi connectivity index (χ0v) is 12.6. The Kier molecular flexibility index (Phi) is 4.39. The van der Waals surface area contributed by atoms with Crippen molar-refractivity contribution in [2.75, 3.05) is 11.9 Å². The van der Waals surface area contributed by atoms with Gasteiger partial charge >= 0.3 is 0 Å². The van der Waals surface area contributed by atoms with Crippen molar-refractivity contribution in [2.45, 2.75) is 51.4 Å². The highest BCUT2D eigenvalue weighted by Crippen LogP contribution is 2.32. The molecule has 1 aliphatic rings. The first-order valence-electron chi connectivity index (χ1n) is 6.84. The first-order valence-corrected chi connectivity index (χ1v) is 7.22. The Morgan fingerprint density at radius 2 is 2.00 bits per heavy atom. The van der Waals surface area contributed by atoms with E-state index in [9.17, 15) is 0 Å². The molecule has 0 amide bonds. The molecule has 1 fully saturated rings. The van der Waals surface area contributed by atoms with E-state index in [4.69, 9.17) is 22.1 Å². The summed E-state index contributed by atoms with van der Waals surface area (Å²) in [4.78, 5) is 0. The SMILES string of the molecule is Cc1ccc(NC2(CN)CC(C)OC(C)C2)cc1Cl. The number of nitrogens with two attached hydrogens (primary N) is 1. The smallest absolute Gasteiger partial charge is 0.0573 e. The molecule has 1 heterocycles. The summed E-state index contributed by atoms with van der Waals surface area (Å²) in [5, 5.41) is 4.37. The van der Waals surface area contributed by atoms with Crippen LogP contribution in [0.25, 0.3) is 0 Å². The normalized spacial score (nSPS) is 31.2. The molecule has 1 aromatic carbocycles. The Morgan fingerprint density at radius 1 is 1.37 bits per heavy atom. The number of aryl methyl sites for hydroxylation is 1. The molecule has 3 N–H and O–H groups in total. The minimum Gasteiger partial charge on any atom is -0.378 e. The van der Waals surface area contributed by atoms with E-state index in [1.807, 2.05) is 19.1 Å². The van der Waals surface area contributed by atoms with Gasteiger partial charge in [-0.1, -0.05) is 17.7 Å². The molecule has 0 spiro atoms. The van der Waals surface area contributed by atoms with Crippen LogP contribution in [0.5, 0.6) is 0 Å². The van der Waals surface area contributed by atoms with Crippen LogP contribution >= 0.6 is 11.6 Å². The monoisotopic (exact) mass is 282 g/mol. The van der Waals surface area contributed by atoms with E-state index >= 15 is 0 Å². The van der Waals surface area contributed by atoms with Crippen molar-refractivity contribution < 1.29 is 4.74 Å². The van der Waals surface area contributed by atoms with Gasteiger partial charge in [0.15, 0.2) is 0 Å². The summed E-state index contributed by atoms with van der Waals surface area (Å²) in [6, 6.07) is 6.06. The number of hydrogen-bond donors (Lipinski definition) is 2. The Labute approximate surface area is 120 Å². The maximum absolute atomic E-state index is 6.18. The van der Waals surface area contributed by atoms with Gasteiger partial charge in [0, 0.05) is 17.3 Å². The minimum absolute atomic E-state index is 0.102. The van der Waals surface area contributed by atoms with Crippen LogP contribution in [0.1, 0.15) is 32.3 Å². The standard InChI is InChI=1S/C15H23ClN2O/c1-10-4-5-13(6-14(10)16)18-15(9-17)7-11(2)19-12(3)8-15/h4-6,11-12,18H,7-9,17H2,1-3H3. The highest BCUT2D eigenvalue weighted by atomic mass is 35.5. The lowest BCUT2D eigenvalue weighted by Gasteiger charge is -2.43. The van der Waals surface area contributed by atoms with Gasteiger partial charge in [-0.05, 0) is 51.3 Å². The molecule has 1 aromatic rings. The van der Waals surface area contributed by atoms with Gasteiger partial charge in [-0.3, -0.25) is 0 Å². The van der Waals surface area contributed by atoms with Crippen LogP contribution in [-0.2, 0) is 4.74 Å². The molecule has 0 aliphatic carbocycles. The van der Waals surface area contributed by atoms with Crippen LogP contribution in [-0.4, -0.2) is 24.3 Å². The molecule has 2 atom stereocenters. The van der Waals surface area contributed by atoms with Crippen molar-refractivity contribution in [1.82, 2.24) is 0 Å². The average Bonchev–Trinajstić information content (AvgIpc) is 2.32. The average molecular weight is 283 g/mol. The molecule has 19 heavy (non-hydrogen) atoms. The van der Waals surface area contributed by atoms with E-state index < -0.39 is 0 Å². The lowest BCUT2D eigenvalue weighted by atomic mass is 9.84. The van der Waals surface area contributed by atoms with Crippen LogP contribution in [0, 0.1) is 6.92 Å². The summed E-state index contributed by atoms with van der Waals surface area (Å²) in [6.07, 6.45) is 2.28. The second-order valence-electron chi connectivity index (χ2n) is 5.74. The molecular weight excluding hydrogens is 260 g/mol. The number of nitrogens with one attached hydrogen (secondary N) is 1. The zero-order chi connectivity index (χ0) is 14.0. The fourth-order valence-corrected chi connectivity index (χ4v) is 3.15. The van der Waals surface area contributed by atoms with Crippen molar-refractivity contribution in [1.29, 1.82) is 0 Å². The molecule has 106 valence electrons. The first kappa shape index (κ1) is 14.6. The molecule has 0 aromatic heterocycles. The molecule has 4 heteroatoms. The molecule has 1 saturated heterocycles. The van der Waals surface area contributed by atoms with Crippen molar-refractivity contribution in [3.63, 3.8) is 0 Å². The van der Waals surface area contributed by atoms with Gasteiger partial charge in [-0.25, -0.2) is 0 Å². The van der Waals surface area contributed by atoms with Crippen molar-refractivity contribution >= 4 is 17.3 Å². The van der Waals surface area contributed by atoms with Crippen molar-refractivity contribution in [3.05, 3.63) is 28.8 Å². The summed E-state index contributed by atoms with van der Waals surface area (Å²) in [5.74, 6) is 0. The van der Waals surface area contributed by atoms with Gasteiger partial charge in [0.1, 0.15) is 0 Å². The van der Waals surface area contributed by atoms with E-state index in [0.29, 0.717) is 6.54 Å². The lowest BCUT2D eigenvalue weighted by Crippen LogP contribution is -2.53. The minimum atomic E-state index is -0.102. The predicted molar refractivity (Wildman–Crippen MR) is 80.8 cm³/mol. The highest BCUT2D eigenvalue weighted by molar-refractivity contribution is 6.31. The van der Waals surface area contributed by atoms with Crippen molar-refractivity contribution in [3.8, 4) is 0 Å². The number of hydrogen-bond acceptors (Lipinski definition) is 3. The molecule has 0 radical (unpaired) electrons. The molecular formula is C15H23ClN2O. The number of ether oxygens (including phenoxy) is 1. The summed E-state index contributed by atoms with van der Waals surface area (Å²) in [7, 11) is 0. The predicted octanol–water partition coefficient (Wildman–Crippen LogP) is 3.35. The van der Waals surface area contributed by atoms with Gasteiger partial charge in [-0.15, -0.1) is 0 Å². The van der Waals surface area contributed by atoms with E-state index in [1.165, 1.54) is 0 Å². The maximum atomic E-state index is 6.18.